The Balaban J connectivity index is 2.04. The summed E-state index contributed by atoms with van der Waals surface area (Å²) in [5.74, 6) is 0. The van der Waals surface area contributed by atoms with Gasteiger partial charge in [0.05, 0.1) is 5.52 Å². The third kappa shape index (κ3) is 2.01. The molecule has 1 aromatic heterocycles. The van der Waals surface area contributed by atoms with E-state index >= 15 is 0 Å². The van der Waals surface area contributed by atoms with Crippen molar-refractivity contribution < 1.29 is 0 Å². The molecular formula is C15H19N3. The van der Waals surface area contributed by atoms with Crippen molar-refractivity contribution in [2.75, 3.05) is 23.7 Å². The van der Waals surface area contributed by atoms with Gasteiger partial charge >= 0.3 is 0 Å². The van der Waals surface area contributed by atoms with Gasteiger partial charge < -0.3 is 10.6 Å². The molecule has 0 spiro atoms. The molecule has 0 saturated carbocycles. The fourth-order valence-corrected chi connectivity index (χ4v) is 2.73. The van der Waals surface area contributed by atoms with E-state index in [2.05, 4.69) is 28.1 Å². The number of aryl methyl sites for hydroxylation is 1. The fraction of sp³-hybridized carbons (Fsp3) is 0.400. The van der Waals surface area contributed by atoms with Gasteiger partial charge in [0.2, 0.25) is 0 Å². The molecule has 2 N–H and O–H groups in total. The molecule has 0 bridgehead atoms. The molecule has 0 aliphatic carbocycles. The average molecular weight is 241 g/mol. The van der Waals surface area contributed by atoms with Gasteiger partial charge in [-0.2, -0.15) is 0 Å². The first-order valence-corrected chi connectivity index (χ1v) is 6.66. The number of nitrogens with zero attached hydrogens (tertiary/aromatic N) is 2. The summed E-state index contributed by atoms with van der Waals surface area (Å²) in [6, 6.07) is 8.38. The molecule has 94 valence electrons. The summed E-state index contributed by atoms with van der Waals surface area (Å²) in [5.41, 5.74) is 10.2. The number of hydrogen-bond donors (Lipinski definition) is 1. The van der Waals surface area contributed by atoms with Crippen LogP contribution in [-0.2, 0) is 0 Å². The zero-order valence-corrected chi connectivity index (χ0v) is 10.8. The van der Waals surface area contributed by atoms with Gasteiger partial charge in [-0.05, 0) is 50.5 Å². The number of anilines is 2. The number of hydrogen-bond acceptors (Lipinski definition) is 3. The average Bonchev–Trinajstić information content (AvgIpc) is 2.39. The predicted octanol–water partition coefficient (Wildman–Crippen LogP) is 3.12. The molecule has 2 heterocycles. The molecular weight excluding hydrogens is 222 g/mol. The highest BCUT2D eigenvalue weighted by molar-refractivity contribution is 5.92. The Hall–Kier alpha value is -1.77. The van der Waals surface area contributed by atoms with Crippen LogP contribution < -0.4 is 10.6 Å². The topological polar surface area (TPSA) is 42.1 Å². The van der Waals surface area contributed by atoms with Crippen molar-refractivity contribution in [2.45, 2.75) is 26.2 Å². The molecule has 2 aromatic rings. The monoisotopic (exact) mass is 241 g/mol. The maximum absolute atomic E-state index is 6.10. The number of fused-ring (bicyclic) bond motifs is 1. The molecule has 1 aliphatic rings. The second-order valence-electron chi connectivity index (χ2n) is 5.10. The van der Waals surface area contributed by atoms with E-state index in [1.807, 2.05) is 13.0 Å². The Labute approximate surface area is 108 Å². The summed E-state index contributed by atoms with van der Waals surface area (Å²) in [7, 11) is 0. The van der Waals surface area contributed by atoms with Gasteiger partial charge in [-0.1, -0.05) is 0 Å². The van der Waals surface area contributed by atoms with Crippen molar-refractivity contribution >= 4 is 22.3 Å². The van der Waals surface area contributed by atoms with E-state index in [0.29, 0.717) is 0 Å². The smallest absolute Gasteiger partial charge is 0.0727 e. The number of benzene rings is 1. The SMILES string of the molecule is Cc1cc(N)c2cc(N3CCCCC3)ccc2n1. The fourth-order valence-electron chi connectivity index (χ4n) is 2.73. The molecule has 0 radical (unpaired) electrons. The second-order valence-corrected chi connectivity index (χ2v) is 5.10. The third-order valence-electron chi connectivity index (χ3n) is 3.67. The minimum absolute atomic E-state index is 0.830. The Morgan fingerprint density at radius 3 is 2.67 bits per heavy atom. The van der Waals surface area contributed by atoms with Gasteiger partial charge in [-0.3, -0.25) is 4.98 Å². The molecule has 1 aliphatic heterocycles. The first-order chi connectivity index (χ1) is 8.74. The van der Waals surface area contributed by atoms with Crippen LogP contribution in [0.3, 0.4) is 0 Å². The molecule has 1 aromatic carbocycles. The number of rotatable bonds is 1. The highest BCUT2D eigenvalue weighted by atomic mass is 15.1. The summed E-state index contributed by atoms with van der Waals surface area (Å²) in [5, 5.41) is 1.07. The maximum Gasteiger partial charge on any atom is 0.0727 e. The lowest BCUT2D eigenvalue weighted by Crippen LogP contribution is -2.29. The van der Waals surface area contributed by atoms with Crippen LogP contribution in [0.25, 0.3) is 10.9 Å². The largest absolute Gasteiger partial charge is 0.398 e. The normalized spacial score (nSPS) is 16.2. The first-order valence-electron chi connectivity index (χ1n) is 6.66. The molecule has 18 heavy (non-hydrogen) atoms. The highest BCUT2D eigenvalue weighted by Gasteiger charge is 2.12. The molecule has 0 amide bonds. The second kappa shape index (κ2) is 4.48. The highest BCUT2D eigenvalue weighted by Crippen LogP contribution is 2.27. The van der Waals surface area contributed by atoms with Crippen LogP contribution in [0.5, 0.6) is 0 Å². The van der Waals surface area contributed by atoms with E-state index in [1.165, 1.54) is 24.9 Å². The number of pyridine rings is 1. The van der Waals surface area contributed by atoms with Crippen molar-refractivity contribution in [3.05, 3.63) is 30.0 Å². The van der Waals surface area contributed by atoms with Crippen molar-refractivity contribution in [3.63, 3.8) is 0 Å². The summed E-state index contributed by atoms with van der Waals surface area (Å²) in [4.78, 5) is 6.97. The van der Waals surface area contributed by atoms with E-state index in [1.54, 1.807) is 0 Å². The molecule has 3 rings (SSSR count). The van der Waals surface area contributed by atoms with Gasteiger partial charge in [0, 0.05) is 35.5 Å². The Kier molecular flexibility index (Phi) is 2.82. The molecule has 0 atom stereocenters. The van der Waals surface area contributed by atoms with Crippen molar-refractivity contribution in [1.29, 1.82) is 0 Å². The molecule has 1 fully saturated rings. The van der Waals surface area contributed by atoms with Crippen molar-refractivity contribution in [3.8, 4) is 0 Å². The van der Waals surface area contributed by atoms with Crippen LogP contribution in [0, 0.1) is 6.92 Å². The van der Waals surface area contributed by atoms with Crippen LogP contribution in [0.2, 0.25) is 0 Å². The van der Waals surface area contributed by atoms with Crippen LogP contribution >= 0.6 is 0 Å². The number of aromatic nitrogens is 1. The Morgan fingerprint density at radius 1 is 1.11 bits per heavy atom. The summed E-state index contributed by atoms with van der Waals surface area (Å²) in [6.07, 6.45) is 3.94. The quantitative estimate of drug-likeness (QED) is 0.834. The lowest BCUT2D eigenvalue weighted by Gasteiger charge is -2.29. The van der Waals surface area contributed by atoms with E-state index in [9.17, 15) is 0 Å². The van der Waals surface area contributed by atoms with Crippen molar-refractivity contribution in [1.82, 2.24) is 4.98 Å². The van der Waals surface area contributed by atoms with E-state index < -0.39 is 0 Å². The van der Waals surface area contributed by atoms with Crippen molar-refractivity contribution in [2.24, 2.45) is 0 Å². The van der Waals surface area contributed by atoms with Gasteiger partial charge in [0.15, 0.2) is 0 Å². The molecule has 3 heteroatoms. The molecule has 3 nitrogen and oxygen atoms in total. The van der Waals surface area contributed by atoms with E-state index in [-0.39, 0.29) is 0 Å². The summed E-state index contributed by atoms with van der Waals surface area (Å²) < 4.78 is 0. The van der Waals surface area contributed by atoms with Crippen LogP contribution in [-0.4, -0.2) is 18.1 Å². The van der Waals surface area contributed by atoms with Gasteiger partial charge in [0.1, 0.15) is 0 Å². The standard InChI is InChI=1S/C15H19N3/c1-11-9-14(16)13-10-12(5-6-15(13)17-11)18-7-3-2-4-8-18/h5-6,9-10H,2-4,7-8H2,1H3,(H2,16,17). The Bertz CT molecular complexity index is 571. The Morgan fingerprint density at radius 2 is 1.89 bits per heavy atom. The van der Waals surface area contributed by atoms with E-state index in [0.717, 1.165) is 35.4 Å². The van der Waals surface area contributed by atoms with E-state index in [4.69, 9.17) is 5.73 Å². The van der Waals surface area contributed by atoms with Gasteiger partial charge in [-0.25, -0.2) is 0 Å². The third-order valence-corrected chi connectivity index (χ3v) is 3.67. The predicted molar refractivity (Wildman–Crippen MR) is 77.0 cm³/mol. The number of nitrogens with two attached hydrogens (primary N) is 1. The lowest BCUT2D eigenvalue weighted by molar-refractivity contribution is 0.578. The zero-order valence-electron chi connectivity index (χ0n) is 10.8. The molecule has 1 saturated heterocycles. The van der Waals surface area contributed by atoms with Gasteiger partial charge in [0.25, 0.3) is 0 Å². The zero-order chi connectivity index (χ0) is 12.5. The lowest BCUT2D eigenvalue weighted by atomic mass is 10.1. The van der Waals surface area contributed by atoms with Crippen LogP contribution in [0.1, 0.15) is 25.0 Å². The molecule has 0 unspecified atom stereocenters. The maximum atomic E-state index is 6.10. The number of nitrogen functional groups attached to an aromatic ring is 1. The summed E-state index contributed by atoms with van der Waals surface area (Å²) in [6.45, 7) is 4.30. The minimum atomic E-state index is 0.830. The van der Waals surface area contributed by atoms with Crippen LogP contribution in [0.15, 0.2) is 24.3 Å². The minimum Gasteiger partial charge on any atom is -0.398 e. The van der Waals surface area contributed by atoms with Crippen LogP contribution in [0.4, 0.5) is 11.4 Å². The van der Waals surface area contributed by atoms with Gasteiger partial charge in [-0.15, -0.1) is 0 Å². The first kappa shape index (κ1) is 11.3. The summed E-state index contributed by atoms with van der Waals surface area (Å²) >= 11 is 0. The number of piperidine rings is 1.